The monoisotopic (exact) mass is 489 g/mol. The van der Waals surface area contributed by atoms with Crippen LogP contribution in [-0.4, -0.2) is 31.7 Å². The van der Waals surface area contributed by atoms with Gasteiger partial charge in [-0.15, -0.1) is 0 Å². The molecular formula is C23H21ClFN3O4S. The number of carbonyl (C=O) groups excluding carboxylic acids is 2. The van der Waals surface area contributed by atoms with E-state index in [4.69, 9.17) is 16.7 Å². The Balaban J connectivity index is 1.88. The maximum absolute atomic E-state index is 13.9. The molecule has 3 rings (SSSR count). The van der Waals surface area contributed by atoms with E-state index in [1.54, 1.807) is 30.3 Å². The molecule has 0 aliphatic heterocycles. The number of rotatable bonds is 7. The number of anilines is 1. The molecule has 2 amide bonds. The van der Waals surface area contributed by atoms with Gasteiger partial charge in [-0.25, -0.2) is 17.9 Å². The average molecular weight is 490 g/mol. The second-order valence-corrected chi connectivity index (χ2v) is 9.31. The van der Waals surface area contributed by atoms with Crippen molar-refractivity contribution in [2.24, 2.45) is 5.14 Å². The largest absolute Gasteiger partial charge is 0.325 e. The number of hydrogen-bond acceptors (Lipinski definition) is 4. The number of hydrogen-bond donors (Lipinski definition) is 2. The minimum Gasteiger partial charge on any atom is -0.325 e. The van der Waals surface area contributed by atoms with Crippen molar-refractivity contribution in [2.75, 3.05) is 11.9 Å². The minimum atomic E-state index is -3.94. The lowest BCUT2D eigenvalue weighted by Crippen LogP contribution is -2.37. The molecule has 3 N–H and O–H groups in total. The highest BCUT2D eigenvalue weighted by atomic mass is 35.5. The summed E-state index contributed by atoms with van der Waals surface area (Å²) in [5, 5.41) is 8.17. The van der Waals surface area contributed by atoms with Gasteiger partial charge < -0.3 is 10.2 Å². The molecule has 0 heterocycles. The second kappa shape index (κ2) is 10.1. The highest BCUT2D eigenvalue weighted by molar-refractivity contribution is 7.89. The summed E-state index contributed by atoms with van der Waals surface area (Å²) in [5.41, 5.74) is 1.18. The molecule has 172 valence electrons. The third-order valence-electron chi connectivity index (χ3n) is 4.78. The molecule has 0 radical (unpaired) electrons. The van der Waals surface area contributed by atoms with Crippen molar-refractivity contribution < 1.29 is 22.4 Å². The minimum absolute atomic E-state index is 0.00487. The number of halogens is 2. The van der Waals surface area contributed by atoms with Gasteiger partial charge in [-0.1, -0.05) is 35.9 Å². The van der Waals surface area contributed by atoms with Crippen LogP contribution in [-0.2, 0) is 21.4 Å². The molecule has 10 heteroatoms. The van der Waals surface area contributed by atoms with Crippen LogP contribution in [0.15, 0.2) is 71.6 Å². The quantitative estimate of drug-likeness (QED) is 0.527. The van der Waals surface area contributed by atoms with Gasteiger partial charge in [-0.2, -0.15) is 0 Å². The summed E-state index contributed by atoms with van der Waals surface area (Å²) < 4.78 is 37.3. The van der Waals surface area contributed by atoms with E-state index in [0.717, 1.165) is 0 Å². The van der Waals surface area contributed by atoms with Gasteiger partial charge in [-0.3, -0.25) is 9.59 Å². The fraction of sp³-hybridized carbons (Fsp3) is 0.130. The Hall–Kier alpha value is -3.27. The number of sulfonamides is 1. The molecule has 0 aliphatic rings. The Morgan fingerprint density at radius 3 is 2.33 bits per heavy atom. The lowest BCUT2D eigenvalue weighted by atomic mass is 10.1. The number of amides is 2. The fourth-order valence-electron chi connectivity index (χ4n) is 3.22. The van der Waals surface area contributed by atoms with Gasteiger partial charge in [0.25, 0.3) is 5.91 Å². The van der Waals surface area contributed by atoms with E-state index in [1.807, 2.05) is 0 Å². The number of nitrogens with one attached hydrogen (secondary N) is 1. The van der Waals surface area contributed by atoms with E-state index >= 15 is 0 Å². The first-order valence-corrected chi connectivity index (χ1v) is 11.7. The molecule has 0 fully saturated rings. The van der Waals surface area contributed by atoms with Crippen LogP contribution in [0.25, 0.3) is 0 Å². The zero-order chi connectivity index (χ0) is 24.2. The molecule has 7 nitrogen and oxygen atoms in total. The summed E-state index contributed by atoms with van der Waals surface area (Å²) >= 11 is 5.93. The van der Waals surface area contributed by atoms with Gasteiger partial charge in [-0.05, 0) is 60.5 Å². The van der Waals surface area contributed by atoms with Crippen molar-refractivity contribution in [1.29, 1.82) is 0 Å². The normalized spacial score (nSPS) is 11.2. The number of benzene rings is 3. The first kappa shape index (κ1) is 24.4. The molecule has 0 unspecified atom stereocenters. The summed E-state index contributed by atoms with van der Waals surface area (Å²) in [6.07, 6.45) is 0. The standard InChI is InChI=1S/C23H21ClFN3O4S/c1-15-12-17(8-11-21(15)33(26,31)32)23(30)28(13-16-6-9-18(24)10-7-16)14-22(29)27-20-5-3-2-4-19(20)25/h2-12H,13-14H2,1H3,(H,27,29)(H2,26,31,32). The van der Waals surface area contributed by atoms with Crippen LogP contribution in [0.1, 0.15) is 21.5 Å². The molecule has 0 spiro atoms. The maximum Gasteiger partial charge on any atom is 0.254 e. The van der Waals surface area contributed by atoms with E-state index in [9.17, 15) is 22.4 Å². The molecule has 0 aromatic heterocycles. The van der Waals surface area contributed by atoms with Gasteiger partial charge in [0.2, 0.25) is 15.9 Å². The predicted octanol–water partition coefficient (Wildman–Crippen LogP) is 3.72. The van der Waals surface area contributed by atoms with Gasteiger partial charge >= 0.3 is 0 Å². The predicted molar refractivity (Wildman–Crippen MR) is 124 cm³/mol. The number of primary sulfonamides is 1. The van der Waals surface area contributed by atoms with Crippen LogP contribution in [0.3, 0.4) is 0 Å². The van der Waals surface area contributed by atoms with Gasteiger partial charge in [0.1, 0.15) is 12.4 Å². The molecule has 3 aromatic rings. The molecular weight excluding hydrogens is 469 g/mol. The lowest BCUT2D eigenvalue weighted by Gasteiger charge is -2.23. The SMILES string of the molecule is Cc1cc(C(=O)N(CC(=O)Nc2ccccc2F)Cc2ccc(Cl)cc2)ccc1S(N)(=O)=O. The summed E-state index contributed by atoms with van der Waals surface area (Å²) in [4.78, 5) is 27.0. The van der Waals surface area contributed by atoms with Crippen molar-refractivity contribution in [3.63, 3.8) is 0 Å². The van der Waals surface area contributed by atoms with Crippen molar-refractivity contribution in [3.8, 4) is 0 Å². The molecule has 33 heavy (non-hydrogen) atoms. The maximum atomic E-state index is 13.9. The van der Waals surface area contributed by atoms with E-state index < -0.39 is 27.7 Å². The fourth-order valence-corrected chi connectivity index (χ4v) is 4.11. The van der Waals surface area contributed by atoms with Gasteiger partial charge in [0, 0.05) is 17.1 Å². The third-order valence-corrected chi connectivity index (χ3v) is 6.11. The molecule has 0 bridgehead atoms. The third kappa shape index (κ3) is 6.38. The summed E-state index contributed by atoms with van der Waals surface area (Å²) in [5.74, 6) is -1.71. The van der Waals surface area contributed by atoms with E-state index in [2.05, 4.69) is 5.32 Å². The van der Waals surface area contributed by atoms with Crippen molar-refractivity contribution >= 4 is 39.1 Å². The average Bonchev–Trinajstić information content (AvgIpc) is 2.75. The molecule has 0 saturated carbocycles. The smallest absolute Gasteiger partial charge is 0.254 e. The Labute approximate surface area is 196 Å². The van der Waals surface area contributed by atoms with Crippen LogP contribution in [0.2, 0.25) is 5.02 Å². The second-order valence-electron chi connectivity index (χ2n) is 7.34. The Morgan fingerprint density at radius 2 is 1.73 bits per heavy atom. The zero-order valence-corrected chi connectivity index (χ0v) is 19.2. The number of nitrogens with two attached hydrogens (primary N) is 1. The Kier molecular flexibility index (Phi) is 7.47. The summed E-state index contributed by atoms with van der Waals surface area (Å²) in [7, 11) is -3.94. The van der Waals surface area contributed by atoms with Gasteiger partial charge in [0.15, 0.2) is 0 Å². The van der Waals surface area contributed by atoms with Crippen molar-refractivity contribution in [3.05, 3.63) is 94.3 Å². The number of carbonyl (C=O) groups is 2. The molecule has 0 atom stereocenters. The number of para-hydroxylation sites is 1. The Morgan fingerprint density at radius 1 is 1.06 bits per heavy atom. The summed E-state index contributed by atoms with van der Waals surface area (Å²) in [6.45, 7) is 1.22. The van der Waals surface area contributed by atoms with Crippen LogP contribution in [0, 0.1) is 12.7 Å². The molecule has 0 saturated heterocycles. The van der Waals surface area contributed by atoms with E-state index in [0.29, 0.717) is 16.1 Å². The lowest BCUT2D eigenvalue weighted by molar-refractivity contribution is -0.117. The van der Waals surface area contributed by atoms with Crippen LogP contribution in [0.4, 0.5) is 10.1 Å². The highest BCUT2D eigenvalue weighted by Crippen LogP contribution is 2.19. The van der Waals surface area contributed by atoms with Crippen molar-refractivity contribution in [1.82, 2.24) is 4.90 Å². The van der Waals surface area contributed by atoms with Crippen LogP contribution in [0.5, 0.6) is 0 Å². The molecule has 0 aliphatic carbocycles. The topological polar surface area (TPSA) is 110 Å². The van der Waals surface area contributed by atoms with E-state index in [1.165, 1.54) is 48.2 Å². The first-order valence-electron chi connectivity index (χ1n) is 9.76. The first-order chi connectivity index (χ1) is 15.5. The number of nitrogens with zero attached hydrogens (tertiary/aromatic N) is 1. The van der Waals surface area contributed by atoms with Crippen LogP contribution < -0.4 is 10.5 Å². The van der Waals surface area contributed by atoms with Crippen LogP contribution >= 0.6 is 11.6 Å². The van der Waals surface area contributed by atoms with Gasteiger partial charge in [0.05, 0.1) is 10.6 Å². The molecule has 3 aromatic carbocycles. The Bertz CT molecular complexity index is 1300. The zero-order valence-electron chi connectivity index (χ0n) is 17.6. The number of aryl methyl sites for hydroxylation is 1. The summed E-state index contributed by atoms with van der Waals surface area (Å²) in [6, 6.07) is 16.4. The highest BCUT2D eigenvalue weighted by Gasteiger charge is 2.22. The van der Waals surface area contributed by atoms with E-state index in [-0.39, 0.29) is 29.2 Å². The van der Waals surface area contributed by atoms with Crippen molar-refractivity contribution in [2.45, 2.75) is 18.4 Å².